The molecule has 10 heteroatoms. The van der Waals surface area contributed by atoms with Crippen LogP contribution < -0.4 is 5.32 Å². The summed E-state index contributed by atoms with van der Waals surface area (Å²) in [6.07, 6.45) is 11.3. The fourth-order valence-electron chi connectivity index (χ4n) is 5.10. The van der Waals surface area contributed by atoms with Gasteiger partial charge in [0.1, 0.15) is 6.10 Å². The molecular weight excluding hydrogens is 530 g/mol. The molecule has 0 aromatic carbocycles. The first-order valence-electron chi connectivity index (χ1n) is 14.2. The van der Waals surface area contributed by atoms with Crippen molar-refractivity contribution in [1.82, 2.24) is 5.32 Å². The van der Waals surface area contributed by atoms with Gasteiger partial charge >= 0.3 is 11.9 Å². The number of nitrogens with one attached hydrogen (secondary N) is 1. The van der Waals surface area contributed by atoms with Crippen LogP contribution in [0.3, 0.4) is 0 Å². The Bertz CT molecular complexity index is 931. The van der Waals surface area contributed by atoms with Crippen molar-refractivity contribution >= 4 is 17.8 Å². The summed E-state index contributed by atoms with van der Waals surface area (Å²) >= 11 is 0. The molecule has 0 aliphatic carbocycles. The lowest BCUT2D eigenvalue weighted by Gasteiger charge is -2.40. The molecule has 0 radical (unpaired) electrons. The van der Waals surface area contributed by atoms with Crippen molar-refractivity contribution in [2.75, 3.05) is 21.3 Å². The molecule has 1 amide bonds. The van der Waals surface area contributed by atoms with Crippen LogP contribution in [0.1, 0.15) is 73.6 Å². The molecule has 2 heterocycles. The lowest BCUT2D eigenvalue weighted by Crippen LogP contribution is -2.50. The van der Waals surface area contributed by atoms with E-state index in [1.165, 1.54) is 20.1 Å². The molecule has 0 aromatic heterocycles. The van der Waals surface area contributed by atoms with Gasteiger partial charge in [0, 0.05) is 40.1 Å². The Balaban J connectivity index is 0.00000411. The fraction of sp³-hybridized carbons (Fsp3) is 0.710. The first-order chi connectivity index (χ1) is 19.3. The molecule has 0 bridgehead atoms. The van der Waals surface area contributed by atoms with Crippen molar-refractivity contribution in [2.45, 2.75) is 116 Å². The normalized spacial score (nSPS) is 31.2. The quantitative estimate of drug-likeness (QED) is 0.213. The molecule has 2 saturated heterocycles. The third-order valence-corrected chi connectivity index (χ3v) is 7.43. The van der Waals surface area contributed by atoms with Crippen molar-refractivity contribution in [3.8, 4) is 0 Å². The first kappa shape index (κ1) is 36.5. The van der Waals surface area contributed by atoms with Crippen LogP contribution in [-0.2, 0) is 38.1 Å². The molecule has 0 saturated carbocycles. The summed E-state index contributed by atoms with van der Waals surface area (Å²) in [5.74, 6) is -0.653. The second-order valence-corrected chi connectivity index (χ2v) is 11.1. The van der Waals surface area contributed by atoms with Crippen molar-refractivity contribution < 1.29 is 43.2 Å². The number of aliphatic hydroxyl groups excluding tert-OH is 1. The summed E-state index contributed by atoms with van der Waals surface area (Å²) in [6, 6.07) is -0.0983. The summed E-state index contributed by atoms with van der Waals surface area (Å²) in [7, 11) is 4.08. The summed E-state index contributed by atoms with van der Waals surface area (Å²) < 4.78 is 28.0. The molecule has 2 rings (SSSR count). The van der Waals surface area contributed by atoms with Gasteiger partial charge in [-0.25, -0.2) is 0 Å². The number of amides is 1. The summed E-state index contributed by atoms with van der Waals surface area (Å²) in [5, 5.41) is 10.0. The highest BCUT2D eigenvalue weighted by Crippen LogP contribution is 2.34. The average Bonchev–Trinajstić information content (AvgIpc) is 2.92. The molecule has 8 atom stereocenters. The average molecular weight is 582 g/mol. The zero-order valence-corrected chi connectivity index (χ0v) is 26.2. The zero-order chi connectivity index (χ0) is 31.2. The van der Waals surface area contributed by atoms with Gasteiger partial charge in [0.2, 0.25) is 5.91 Å². The smallest absolute Gasteiger partial charge is 0.308 e. The number of carbonyl (C=O) groups is 3. The van der Waals surface area contributed by atoms with E-state index in [0.29, 0.717) is 12.8 Å². The Hall–Kier alpha value is -2.53. The molecule has 2 fully saturated rings. The van der Waals surface area contributed by atoms with Crippen molar-refractivity contribution in [3.63, 3.8) is 0 Å². The number of rotatable bonds is 11. The molecule has 10 nitrogen and oxygen atoms in total. The maximum absolute atomic E-state index is 12.3. The molecule has 0 spiro atoms. The molecule has 0 aromatic rings. The highest BCUT2D eigenvalue weighted by atomic mass is 16.5. The molecule has 41 heavy (non-hydrogen) atoms. The maximum atomic E-state index is 12.3. The third kappa shape index (κ3) is 13.3. The summed E-state index contributed by atoms with van der Waals surface area (Å²) in [5.41, 5.74) is 0.728. The Morgan fingerprint density at radius 2 is 1.78 bits per heavy atom. The van der Waals surface area contributed by atoms with Gasteiger partial charge in [-0.1, -0.05) is 30.7 Å². The second-order valence-electron chi connectivity index (χ2n) is 11.1. The molecule has 7 unspecified atom stereocenters. The minimum Gasteiger partial charge on any atom is -0.469 e. The lowest BCUT2D eigenvalue weighted by atomic mass is 9.87. The van der Waals surface area contributed by atoms with Gasteiger partial charge in [-0.2, -0.15) is 0 Å². The van der Waals surface area contributed by atoms with E-state index in [0.717, 1.165) is 25.5 Å². The van der Waals surface area contributed by atoms with Gasteiger partial charge in [-0.05, 0) is 52.5 Å². The van der Waals surface area contributed by atoms with Crippen molar-refractivity contribution in [3.05, 3.63) is 36.0 Å². The van der Waals surface area contributed by atoms with Gasteiger partial charge < -0.3 is 34.1 Å². The number of aliphatic hydroxyl groups is 1. The molecule has 2 aliphatic heterocycles. The molecule has 234 valence electrons. The van der Waals surface area contributed by atoms with Crippen molar-refractivity contribution in [1.29, 1.82) is 0 Å². The van der Waals surface area contributed by atoms with E-state index in [4.69, 9.17) is 28.8 Å². The monoisotopic (exact) mass is 581 g/mol. The van der Waals surface area contributed by atoms with Crippen molar-refractivity contribution in [2.24, 2.45) is 5.92 Å². The summed E-state index contributed by atoms with van der Waals surface area (Å²) in [4.78, 5) is 35.1. The fourth-order valence-corrected chi connectivity index (χ4v) is 5.10. The number of allylic oxidation sites excluding steroid dienone is 2. The maximum Gasteiger partial charge on any atom is 0.308 e. The van der Waals surface area contributed by atoms with E-state index in [1.54, 1.807) is 20.1 Å². The largest absolute Gasteiger partial charge is 0.469 e. The second kappa shape index (κ2) is 18.1. The zero-order valence-electron chi connectivity index (χ0n) is 26.2. The summed E-state index contributed by atoms with van der Waals surface area (Å²) in [6.45, 7) is 11.2. The number of hydrogen-bond donors (Lipinski definition) is 2. The van der Waals surface area contributed by atoms with Crippen LogP contribution in [0.15, 0.2) is 36.0 Å². The van der Waals surface area contributed by atoms with Gasteiger partial charge in [0.25, 0.3) is 0 Å². The number of hydrogen-bond acceptors (Lipinski definition) is 9. The molecule has 2 aliphatic rings. The van der Waals surface area contributed by atoms with E-state index in [-0.39, 0.29) is 66.2 Å². The minimum absolute atomic E-state index is 0.0446. The Labute approximate surface area is 245 Å². The minimum atomic E-state index is -0.462. The third-order valence-electron chi connectivity index (χ3n) is 7.43. The van der Waals surface area contributed by atoms with E-state index < -0.39 is 6.10 Å². The van der Waals surface area contributed by atoms with E-state index in [9.17, 15) is 14.4 Å². The van der Waals surface area contributed by atoms with Crippen LogP contribution in [0.25, 0.3) is 0 Å². The van der Waals surface area contributed by atoms with E-state index >= 15 is 0 Å². The Morgan fingerprint density at radius 1 is 1.10 bits per heavy atom. The number of carbonyl (C=O) groups excluding carboxylic acids is 3. The van der Waals surface area contributed by atoms with E-state index in [1.807, 2.05) is 32.9 Å². The Morgan fingerprint density at radius 3 is 2.39 bits per heavy atom. The van der Waals surface area contributed by atoms with Crippen LogP contribution in [0, 0.1) is 5.92 Å². The first-order valence-corrected chi connectivity index (χ1v) is 14.2. The van der Waals surface area contributed by atoms with Crippen LogP contribution in [0.4, 0.5) is 0 Å². The Kier molecular flexibility index (Phi) is 16.1. The predicted octanol–water partition coefficient (Wildman–Crippen LogP) is 3.81. The van der Waals surface area contributed by atoms with Crippen LogP contribution in [0.2, 0.25) is 0 Å². The number of esters is 2. The lowest BCUT2D eigenvalue weighted by molar-refractivity contribution is -0.158. The predicted molar refractivity (Wildman–Crippen MR) is 156 cm³/mol. The highest BCUT2D eigenvalue weighted by Gasteiger charge is 2.38. The highest BCUT2D eigenvalue weighted by molar-refractivity contribution is 5.87. The van der Waals surface area contributed by atoms with E-state index in [2.05, 4.69) is 18.3 Å². The van der Waals surface area contributed by atoms with Crippen LogP contribution in [0.5, 0.6) is 0 Å². The topological polar surface area (TPSA) is 130 Å². The number of methoxy groups -OCH3 is 2. The van der Waals surface area contributed by atoms with Crippen LogP contribution in [-0.4, -0.2) is 86.4 Å². The standard InChI is InChI=1S/C30H47NO8.CH4O/c1-19(9-12-24-17-30(6,36-8)18-25(39-24)16-29(34)35-7)10-13-27-20(2)15-26(22(4)38-27)31-28(33)14-11-21(3)37-23(5)32;1-2/h9-12,14,20-22,24-27H,13,15-18H2,1-8H3,(H,31,33);2H,1H3/b12-9+,14-11-,19-10+;/t20?,21?,22?,24?,25-,26?,27?,30?;/m1./s1. The van der Waals surface area contributed by atoms with Gasteiger partial charge in [-0.3, -0.25) is 14.4 Å². The van der Waals surface area contributed by atoms with Gasteiger partial charge in [0.15, 0.2) is 0 Å². The molecule has 2 N–H and O–H groups in total. The van der Waals surface area contributed by atoms with Gasteiger partial charge in [0.05, 0.1) is 49.6 Å². The molecular formula is C31H51NO9. The number of ether oxygens (including phenoxy) is 5. The SMILES string of the molecule is CO.COC(=O)C[C@@H]1CC(C)(OC)CC(/C=C/C(C)=C/CC2OC(C)C(NC(=O)/C=C\C(C)OC(C)=O)CC2C)O1. The van der Waals surface area contributed by atoms with Crippen LogP contribution >= 0.6 is 0 Å². The van der Waals surface area contributed by atoms with Gasteiger partial charge in [-0.15, -0.1) is 0 Å².